The quantitative estimate of drug-likeness (QED) is 0.164. The average molecular weight is 850 g/mol. The zero-order chi connectivity index (χ0) is 42.1. The minimum absolute atomic E-state index is 0.00611. The van der Waals surface area contributed by atoms with Crippen molar-refractivity contribution in [2.75, 3.05) is 70.3 Å². The summed E-state index contributed by atoms with van der Waals surface area (Å²) in [4.78, 5) is 94.5. The molecule has 0 spiro atoms. The van der Waals surface area contributed by atoms with Gasteiger partial charge in [0.05, 0.1) is 25.6 Å². The summed E-state index contributed by atoms with van der Waals surface area (Å²) >= 11 is 1.89. The maximum atomic E-state index is 13.6. The Kier molecular flexibility index (Phi) is 11.7. The number of thiazole rings is 2. The van der Waals surface area contributed by atoms with Gasteiger partial charge >= 0.3 is 0 Å². The van der Waals surface area contributed by atoms with Crippen LogP contribution in [0, 0.1) is 0 Å². The Hall–Kier alpha value is -6.04. The highest BCUT2D eigenvalue weighted by molar-refractivity contribution is 7.16. The minimum atomic E-state index is -0.421. The van der Waals surface area contributed by atoms with E-state index in [4.69, 9.17) is 9.47 Å². The summed E-state index contributed by atoms with van der Waals surface area (Å²) in [5, 5.41) is 6.37. The molecule has 15 nitrogen and oxygen atoms in total. The number of nitrogens with zero attached hydrogens (tertiary/aromatic N) is 5. The normalized spacial score (nSPS) is 15.8. The Bertz CT molecular complexity index is 2330. The molecule has 2 aromatic heterocycles. The summed E-state index contributed by atoms with van der Waals surface area (Å²) in [7, 11) is 5.15. The van der Waals surface area contributed by atoms with Crippen LogP contribution < -0.4 is 29.9 Å². The zero-order valence-corrected chi connectivity index (χ0v) is 35.1. The van der Waals surface area contributed by atoms with Crippen LogP contribution in [-0.2, 0) is 12.8 Å². The highest BCUT2D eigenvalue weighted by Gasteiger charge is 2.36. The third-order valence-electron chi connectivity index (χ3n) is 10.9. The maximum Gasteiger partial charge on any atom is 0.287 e. The van der Waals surface area contributed by atoms with Crippen LogP contribution in [0.2, 0.25) is 0 Å². The van der Waals surface area contributed by atoms with E-state index >= 15 is 0 Å². The predicted octanol–water partition coefficient (Wildman–Crippen LogP) is 4.92. The Balaban J connectivity index is 0.783. The zero-order valence-electron chi connectivity index (χ0n) is 33.4. The molecule has 2 amide bonds. The van der Waals surface area contributed by atoms with Crippen molar-refractivity contribution in [3.05, 3.63) is 102 Å². The first-order chi connectivity index (χ1) is 29.0. The standard InChI is InChI=1S/C43H43N7O8S2/c1-48(16-6-14-44-28-22-32(51)38-34(36(28)53)46-40(59-38)42(55)49-18-4-8-24-20-26(57-2)10-12-30(24)49)17-7-15-45-29-23-33(52)39-35(37(29)54)47-41(60-39)43(56)50-19-5-9-25-21-27(58-3)11-13-31(25)50/h10-13,20-23,44-45H,4-9,14-19H2,1-3H3. The molecule has 0 unspecified atom stereocenters. The average Bonchev–Trinajstić information content (AvgIpc) is 3.93. The molecule has 2 aliphatic carbocycles. The van der Waals surface area contributed by atoms with Gasteiger partial charge < -0.3 is 34.8 Å². The monoisotopic (exact) mass is 849 g/mol. The number of allylic oxidation sites excluding steroid dienone is 4. The minimum Gasteiger partial charge on any atom is -0.497 e. The van der Waals surface area contributed by atoms with Crippen LogP contribution in [0.3, 0.4) is 0 Å². The molecule has 0 saturated heterocycles. The largest absolute Gasteiger partial charge is 0.497 e. The van der Waals surface area contributed by atoms with Gasteiger partial charge in [0, 0.05) is 49.7 Å². The lowest BCUT2D eigenvalue weighted by Gasteiger charge is -2.29. The third kappa shape index (κ3) is 7.99. The second kappa shape index (κ2) is 17.3. The van der Waals surface area contributed by atoms with Gasteiger partial charge in [-0.05, 0) is 106 Å². The Morgan fingerprint density at radius 2 is 1.13 bits per heavy atom. The number of aryl methyl sites for hydroxylation is 2. The fraction of sp³-hybridized carbons (Fsp3) is 0.349. The summed E-state index contributed by atoms with van der Waals surface area (Å²) < 4.78 is 10.7. The molecule has 0 saturated carbocycles. The lowest BCUT2D eigenvalue weighted by atomic mass is 10.0. The number of rotatable bonds is 14. The van der Waals surface area contributed by atoms with Crippen molar-refractivity contribution >= 4 is 69.0 Å². The molecule has 0 bridgehead atoms. The van der Waals surface area contributed by atoms with Crippen molar-refractivity contribution in [2.45, 2.75) is 38.5 Å². The topological polar surface area (TPSA) is 180 Å². The van der Waals surface area contributed by atoms with Gasteiger partial charge in [0.2, 0.25) is 11.6 Å². The number of carbonyl (C=O) groups is 6. The van der Waals surface area contributed by atoms with Crippen LogP contribution in [0.25, 0.3) is 0 Å². The van der Waals surface area contributed by atoms with E-state index in [1.807, 2.05) is 31.3 Å². The molecule has 4 heterocycles. The maximum absolute atomic E-state index is 13.6. The molecule has 2 aliphatic heterocycles. The van der Waals surface area contributed by atoms with Crippen LogP contribution in [0.15, 0.2) is 59.9 Å². The van der Waals surface area contributed by atoms with E-state index in [-0.39, 0.29) is 65.9 Å². The smallest absolute Gasteiger partial charge is 0.287 e. The highest BCUT2D eigenvalue weighted by atomic mass is 32.1. The van der Waals surface area contributed by atoms with Crippen molar-refractivity contribution in [3.8, 4) is 11.5 Å². The number of hydrogen-bond acceptors (Lipinski definition) is 15. The molecule has 4 aromatic rings. The van der Waals surface area contributed by atoms with Crippen molar-refractivity contribution < 1.29 is 38.2 Å². The Labute approximate surface area is 354 Å². The van der Waals surface area contributed by atoms with E-state index in [0.29, 0.717) is 63.6 Å². The molecular formula is C43H43N7O8S2. The molecule has 60 heavy (non-hydrogen) atoms. The number of aromatic nitrogens is 2. The lowest BCUT2D eigenvalue weighted by molar-refractivity contribution is 0.0969. The van der Waals surface area contributed by atoms with Crippen LogP contribution in [-0.4, -0.2) is 110 Å². The highest BCUT2D eigenvalue weighted by Crippen LogP contribution is 2.35. The summed E-state index contributed by atoms with van der Waals surface area (Å²) in [5.41, 5.74) is 3.82. The number of amides is 2. The first kappa shape index (κ1) is 40.7. The molecule has 0 radical (unpaired) electrons. The van der Waals surface area contributed by atoms with Crippen LogP contribution in [0.1, 0.15) is 96.7 Å². The van der Waals surface area contributed by atoms with Crippen LogP contribution >= 0.6 is 22.7 Å². The van der Waals surface area contributed by atoms with E-state index in [1.165, 1.54) is 12.2 Å². The number of fused-ring (bicyclic) bond motifs is 4. The molecule has 2 aromatic carbocycles. The SMILES string of the molecule is COc1ccc2c(c1)CCCN2C(=O)c1nc2c(s1)C(=O)C=C(NCCCN(C)CCCNC1=CC(=O)c3sc(C(=O)N4CCCc5cc(OC)ccc54)nc3C1=O)C2=O. The summed E-state index contributed by atoms with van der Waals surface area (Å²) in [6.07, 6.45) is 7.05. The molecule has 2 N–H and O–H groups in total. The number of ketones is 4. The summed E-state index contributed by atoms with van der Waals surface area (Å²) in [5.74, 6) is -0.836. The lowest BCUT2D eigenvalue weighted by Crippen LogP contribution is -2.35. The third-order valence-corrected chi connectivity index (χ3v) is 13.0. The van der Waals surface area contributed by atoms with Gasteiger partial charge in [0.25, 0.3) is 11.8 Å². The number of methoxy groups -OCH3 is 2. The van der Waals surface area contributed by atoms with Crippen molar-refractivity contribution in [1.29, 1.82) is 0 Å². The number of Topliss-reactive ketones (excluding diaryl/α,β-unsaturated/α-hetero) is 2. The van der Waals surface area contributed by atoms with Gasteiger partial charge in [-0.15, -0.1) is 22.7 Å². The van der Waals surface area contributed by atoms with Gasteiger partial charge in [-0.1, -0.05) is 0 Å². The van der Waals surface area contributed by atoms with E-state index in [0.717, 1.165) is 70.9 Å². The van der Waals surface area contributed by atoms with E-state index in [9.17, 15) is 28.8 Å². The van der Waals surface area contributed by atoms with Crippen molar-refractivity contribution in [3.63, 3.8) is 0 Å². The fourth-order valence-electron chi connectivity index (χ4n) is 7.82. The molecule has 8 rings (SSSR count). The number of benzene rings is 2. The van der Waals surface area contributed by atoms with Gasteiger partial charge in [-0.2, -0.15) is 0 Å². The van der Waals surface area contributed by atoms with Crippen molar-refractivity contribution in [2.24, 2.45) is 0 Å². The second-order valence-corrected chi connectivity index (χ2v) is 16.9. The molecular weight excluding hydrogens is 807 g/mol. The van der Waals surface area contributed by atoms with Crippen molar-refractivity contribution in [1.82, 2.24) is 25.5 Å². The Morgan fingerprint density at radius 1 is 0.700 bits per heavy atom. The second-order valence-electron chi connectivity index (χ2n) is 14.9. The number of anilines is 2. The van der Waals surface area contributed by atoms with Gasteiger partial charge in [0.1, 0.15) is 32.6 Å². The molecule has 4 aliphatic rings. The van der Waals surface area contributed by atoms with E-state index in [2.05, 4.69) is 25.5 Å². The number of nitrogens with one attached hydrogen (secondary N) is 2. The van der Waals surface area contributed by atoms with Crippen LogP contribution in [0.4, 0.5) is 11.4 Å². The number of hydrogen-bond donors (Lipinski definition) is 2. The molecule has 0 fully saturated rings. The summed E-state index contributed by atoms with van der Waals surface area (Å²) in [6, 6.07) is 11.1. The van der Waals surface area contributed by atoms with Crippen LogP contribution in [0.5, 0.6) is 11.5 Å². The van der Waals surface area contributed by atoms with Gasteiger partial charge in [-0.25, -0.2) is 9.97 Å². The molecule has 310 valence electrons. The predicted molar refractivity (Wildman–Crippen MR) is 226 cm³/mol. The molecule has 0 atom stereocenters. The first-order valence-electron chi connectivity index (χ1n) is 19.8. The first-order valence-corrected chi connectivity index (χ1v) is 21.4. The molecule has 17 heteroatoms. The van der Waals surface area contributed by atoms with Gasteiger partial charge in [0.15, 0.2) is 21.6 Å². The van der Waals surface area contributed by atoms with Gasteiger partial charge in [-0.3, -0.25) is 28.8 Å². The number of carbonyl (C=O) groups excluding carboxylic acids is 6. The van der Waals surface area contributed by atoms with E-state index in [1.54, 1.807) is 36.2 Å². The summed E-state index contributed by atoms with van der Waals surface area (Å²) in [6.45, 7) is 3.22. The number of ether oxygens (including phenoxy) is 2. The van der Waals surface area contributed by atoms with E-state index < -0.39 is 11.6 Å². The fourth-order valence-corrected chi connectivity index (χ4v) is 9.66. The Morgan fingerprint density at radius 3 is 1.55 bits per heavy atom.